The first-order valence-corrected chi connectivity index (χ1v) is 7.25. The Labute approximate surface area is 117 Å². The van der Waals surface area contributed by atoms with Gasteiger partial charge in [-0.2, -0.15) is 0 Å². The average Bonchev–Trinajstić information content (AvgIpc) is 2.66. The molecule has 3 N–H and O–H groups in total. The Morgan fingerprint density at radius 2 is 2.17 bits per heavy atom. The van der Waals surface area contributed by atoms with E-state index in [1.807, 2.05) is 0 Å². The highest BCUT2D eigenvalue weighted by atomic mass is 32.1. The Kier molecular flexibility index (Phi) is 5.75. The molecule has 1 aromatic heterocycles. The summed E-state index contributed by atoms with van der Waals surface area (Å²) in [5.41, 5.74) is 6.59. The molecule has 1 aromatic rings. The molecule has 0 spiro atoms. The van der Waals surface area contributed by atoms with Gasteiger partial charge in [0.15, 0.2) is 0 Å². The maximum Gasteiger partial charge on any atom is 0.345 e. The first kappa shape index (κ1) is 15.1. The molecule has 5 heteroatoms. The number of thiophene rings is 1. The highest BCUT2D eigenvalue weighted by Gasteiger charge is 2.14. The Bertz CT molecular complexity index is 438. The molecule has 0 aliphatic rings. The summed E-state index contributed by atoms with van der Waals surface area (Å²) in [6.07, 6.45) is 3.38. The summed E-state index contributed by atoms with van der Waals surface area (Å²) < 4.78 is 0. The van der Waals surface area contributed by atoms with Gasteiger partial charge in [-0.25, -0.2) is 4.79 Å². The highest BCUT2D eigenvalue weighted by molar-refractivity contribution is 7.80. The lowest BCUT2D eigenvalue weighted by Gasteiger charge is -2.05. The van der Waals surface area contributed by atoms with Crippen molar-refractivity contribution in [1.29, 1.82) is 0 Å². The molecule has 0 unspecified atom stereocenters. The molecule has 3 nitrogen and oxygen atoms in total. The van der Waals surface area contributed by atoms with Gasteiger partial charge in [0.1, 0.15) is 4.88 Å². The summed E-state index contributed by atoms with van der Waals surface area (Å²) >= 11 is 6.24. The lowest BCUT2D eigenvalue weighted by Crippen LogP contribution is -2.08. The van der Waals surface area contributed by atoms with Crippen molar-refractivity contribution in [3.05, 3.63) is 21.4 Å². The maximum atomic E-state index is 11.0. The molecule has 0 saturated heterocycles. The fourth-order valence-corrected chi connectivity index (χ4v) is 2.84. The number of aryl methyl sites for hydroxylation is 2. The maximum absolute atomic E-state index is 11.0. The van der Waals surface area contributed by atoms with Crippen LogP contribution in [0.1, 0.15) is 46.8 Å². The quantitative estimate of drug-likeness (QED) is 0.755. The summed E-state index contributed by atoms with van der Waals surface area (Å²) in [5.74, 6) is -0.240. The van der Waals surface area contributed by atoms with Crippen molar-refractivity contribution in [3.63, 3.8) is 0 Å². The van der Waals surface area contributed by atoms with Crippen LogP contribution in [0.2, 0.25) is 0 Å². The number of thiocarbonyl (C=S) groups is 1. The van der Waals surface area contributed by atoms with E-state index >= 15 is 0 Å². The van der Waals surface area contributed by atoms with E-state index in [1.165, 1.54) is 11.3 Å². The van der Waals surface area contributed by atoms with E-state index in [4.69, 9.17) is 23.1 Å². The Hall–Kier alpha value is -0.940. The van der Waals surface area contributed by atoms with E-state index < -0.39 is 5.97 Å². The van der Waals surface area contributed by atoms with Crippen LogP contribution in [0.4, 0.5) is 0 Å². The number of carboxylic acid groups (broad SMARTS) is 1. The lowest BCUT2D eigenvalue weighted by molar-refractivity contribution is 0.0702. The molecule has 0 aliphatic carbocycles. The average molecular weight is 285 g/mol. The minimum absolute atomic E-state index is 0.409. The summed E-state index contributed by atoms with van der Waals surface area (Å²) in [6, 6.07) is 1.76. The fourth-order valence-electron chi connectivity index (χ4n) is 1.67. The Balaban J connectivity index is 2.83. The minimum atomic E-state index is -0.854. The first-order chi connectivity index (χ1) is 8.40. The standard InChI is InChI=1S/C13H19NO2S2/c1-8(2)3-5-10-9(4-6-12(14)17)7-11(18-10)13(15)16/h7-8H,3-6H2,1-2H3,(H2,14,17)(H,15,16). The van der Waals surface area contributed by atoms with Crippen LogP contribution in [0, 0.1) is 5.92 Å². The second-order valence-electron chi connectivity index (χ2n) is 4.76. The van der Waals surface area contributed by atoms with Gasteiger partial charge < -0.3 is 10.8 Å². The number of rotatable bonds is 7. The SMILES string of the molecule is CC(C)CCc1sc(C(=O)O)cc1CCC(N)=S. The topological polar surface area (TPSA) is 63.3 Å². The Morgan fingerprint density at radius 3 is 2.67 bits per heavy atom. The van der Waals surface area contributed by atoms with Gasteiger partial charge in [0.2, 0.25) is 0 Å². The molecule has 0 aromatic carbocycles. The fraction of sp³-hybridized carbons (Fsp3) is 0.538. The van der Waals surface area contributed by atoms with Gasteiger partial charge in [-0.05, 0) is 36.8 Å². The number of carboxylic acids is 1. The third-order valence-electron chi connectivity index (χ3n) is 2.70. The van der Waals surface area contributed by atoms with Crippen molar-refractivity contribution >= 4 is 34.5 Å². The van der Waals surface area contributed by atoms with E-state index in [1.54, 1.807) is 6.07 Å². The molecule has 0 atom stereocenters. The molecule has 1 rings (SSSR count). The predicted molar refractivity (Wildman–Crippen MR) is 79.5 cm³/mol. The molecule has 0 saturated carbocycles. The summed E-state index contributed by atoms with van der Waals surface area (Å²) in [5, 5.41) is 9.04. The lowest BCUT2D eigenvalue weighted by atomic mass is 10.0. The van der Waals surface area contributed by atoms with Crippen LogP contribution in [0.3, 0.4) is 0 Å². The molecule has 100 valence electrons. The van der Waals surface area contributed by atoms with Gasteiger partial charge in [0.05, 0.1) is 4.99 Å². The molecule has 0 fully saturated rings. The van der Waals surface area contributed by atoms with Crippen molar-refractivity contribution in [1.82, 2.24) is 0 Å². The minimum Gasteiger partial charge on any atom is -0.477 e. The van der Waals surface area contributed by atoms with Crippen molar-refractivity contribution in [2.24, 2.45) is 11.7 Å². The summed E-state index contributed by atoms with van der Waals surface area (Å²) in [7, 11) is 0. The number of nitrogens with two attached hydrogens (primary N) is 1. The molecular formula is C13H19NO2S2. The molecule has 0 amide bonds. The van der Waals surface area contributed by atoms with Crippen LogP contribution in [0.25, 0.3) is 0 Å². The van der Waals surface area contributed by atoms with Crippen LogP contribution in [-0.4, -0.2) is 16.1 Å². The third-order valence-corrected chi connectivity index (χ3v) is 4.13. The van der Waals surface area contributed by atoms with Crippen molar-refractivity contribution in [2.75, 3.05) is 0 Å². The molecule has 0 aliphatic heterocycles. The molecular weight excluding hydrogens is 266 g/mol. The molecule has 0 bridgehead atoms. The van der Waals surface area contributed by atoms with Crippen LogP contribution in [0.15, 0.2) is 6.07 Å². The van der Waals surface area contributed by atoms with Crippen molar-refractivity contribution in [2.45, 2.75) is 39.5 Å². The zero-order valence-electron chi connectivity index (χ0n) is 10.7. The number of hydrogen-bond donors (Lipinski definition) is 2. The zero-order chi connectivity index (χ0) is 13.7. The third kappa shape index (κ3) is 4.74. The molecule has 0 radical (unpaired) electrons. The van der Waals surface area contributed by atoms with Gasteiger partial charge in [0, 0.05) is 11.3 Å². The number of hydrogen-bond acceptors (Lipinski definition) is 3. The predicted octanol–water partition coefficient (Wildman–Crippen LogP) is 3.25. The monoisotopic (exact) mass is 285 g/mol. The van der Waals surface area contributed by atoms with E-state index in [0.717, 1.165) is 29.7 Å². The van der Waals surface area contributed by atoms with Crippen LogP contribution in [-0.2, 0) is 12.8 Å². The molecule has 18 heavy (non-hydrogen) atoms. The number of aromatic carboxylic acids is 1. The second kappa shape index (κ2) is 6.85. The van der Waals surface area contributed by atoms with Crippen molar-refractivity contribution in [3.8, 4) is 0 Å². The van der Waals surface area contributed by atoms with E-state index in [0.29, 0.717) is 22.2 Å². The molecule has 1 heterocycles. The zero-order valence-corrected chi connectivity index (χ0v) is 12.4. The second-order valence-corrected chi connectivity index (χ2v) is 6.42. The largest absolute Gasteiger partial charge is 0.477 e. The van der Waals surface area contributed by atoms with Crippen LogP contribution in [0.5, 0.6) is 0 Å². The van der Waals surface area contributed by atoms with Gasteiger partial charge >= 0.3 is 5.97 Å². The van der Waals surface area contributed by atoms with Gasteiger partial charge in [-0.1, -0.05) is 26.1 Å². The van der Waals surface area contributed by atoms with Gasteiger partial charge in [-0.15, -0.1) is 11.3 Å². The van der Waals surface area contributed by atoms with Crippen LogP contribution < -0.4 is 5.73 Å². The van der Waals surface area contributed by atoms with Gasteiger partial charge in [0.25, 0.3) is 0 Å². The Morgan fingerprint density at radius 1 is 1.50 bits per heavy atom. The first-order valence-electron chi connectivity index (χ1n) is 6.03. The summed E-state index contributed by atoms with van der Waals surface area (Å²) in [6.45, 7) is 4.33. The van der Waals surface area contributed by atoms with E-state index in [9.17, 15) is 4.79 Å². The normalized spacial score (nSPS) is 10.8. The highest BCUT2D eigenvalue weighted by Crippen LogP contribution is 2.26. The van der Waals surface area contributed by atoms with E-state index in [2.05, 4.69) is 13.8 Å². The summed E-state index contributed by atoms with van der Waals surface area (Å²) in [4.78, 5) is 13.1. The van der Waals surface area contributed by atoms with E-state index in [-0.39, 0.29) is 0 Å². The smallest absolute Gasteiger partial charge is 0.345 e. The number of carbonyl (C=O) groups is 1. The van der Waals surface area contributed by atoms with Crippen molar-refractivity contribution < 1.29 is 9.90 Å². The van der Waals surface area contributed by atoms with Crippen LogP contribution >= 0.6 is 23.6 Å². The van der Waals surface area contributed by atoms with Gasteiger partial charge in [-0.3, -0.25) is 0 Å².